The Labute approximate surface area is 138 Å². The number of methoxy groups -OCH3 is 1. The zero-order chi connectivity index (χ0) is 16.2. The smallest absolute Gasteiger partial charge is 0.147 e. The monoisotopic (exact) mass is 308 g/mol. The molecule has 0 bridgehead atoms. The van der Waals surface area contributed by atoms with Gasteiger partial charge in [-0.1, -0.05) is 26.0 Å². The van der Waals surface area contributed by atoms with E-state index in [1.807, 2.05) is 0 Å². The summed E-state index contributed by atoms with van der Waals surface area (Å²) < 4.78 is 5.40. The summed E-state index contributed by atoms with van der Waals surface area (Å²) in [5.41, 5.74) is 6.90. The minimum absolute atomic E-state index is 0.183. The second-order valence-corrected chi connectivity index (χ2v) is 7.20. The molecule has 0 fully saturated rings. The number of hydrogen-bond donors (Lipinski definition) is 0. The average molecular weight is 308 g/mol. The summed E-state index contributed by atoms with van der Waals surface area (Å²) in [5.74, 6) is 1.86. The Morgan fingerprint density at radius 2 is 2.17 bits per heavy atom. The highest BCUT2D eigenvalue weighted by Gasteiger charge is 2.48. The predicted molar refractivity (Wildman–Crippen MR) is 92.4 cm³/mol. The molecule has 2 atom stereocenters. The number of carbonyl (C=O) groups is 1. The lowest BCUT2D eigenvalue weighted by atomic mass is 9.61. The van der Waals surface area contributed by atoms with Gasteiger partial charge in [-0.2, -0.15) is 0 Å². The predicted octanol–water partition coefficient (Wildman–Crippen LogP) is 4.73. The fourth-order valence-electron chi connectivity index (χ4n) is 5.01. The van der Waals surface area contributed by atoms with Crippen molar-refractivity contribution in [3.63, 3.8) is 0 Å². The highest BCUT2D eigenvalue weighted by Crippen LogP contribution is 2.56. The minimum Gasteiger partial charge on any atom is -0.497 e. The van der Waals surface area contributed by atoms with Gasteiger partial charge in [0, 0.05) is 6.42 Å². The Morgan fingerprint density at radius 1 is 1.35 bits per heavy atom. The molecule has 1 aromatic rings. The van der Waals surface area contributed by atoms with Gasteiger partial charge >= 0.3 is 0 Å². The van der Waals surface area contributed by atoms with Crippen molar-refractivity contribution in [2.24, 2.45) is 11.3 Å². The van der Waals surface area contributed by atoms with E-state index in [0.717, 1.165) is 31.4 Å². The van der Waals surface area contributed by atoms with Gasteiger partial charge in [0.05, 0.1) is 12.5 Å². The number of ketones is 1. The van der Waals surface area contributed by atoms with Crippen LogP contribution in [0.5, 0.6) is 5.75 Å². The molecule has 4 rings (SSSR count). The van der Waals surface area contributed by atoms with Gasteiger partial charge in [0.25, 0.3) is 0 Å². The summed E-state index contributed by atoms with van der Waals surface area (Å²) in [6.45, 7) is 4.49. The van der Waals surface area contributed by atoms with Gasteiger partial charge in [-0.05, 0) is 71.6 Å². The van der Waals surface area contributed by atoms with Gasteiger partial charge in [0.1, 0.15) is 11.5 Å². The van der Waals surface area contributed by atoms with Gasteiger partial charge in [-0.15, -0.1) is 0 Å². The lowest BCUT2D eigenvalue weighted by molar-refractivity contribution is -0.125. The Balaban J connectivity index is 1.89. The van der Waals surface area contributed by atoms with Crippen LogP contribution < -0.4 is 4.74 Å². The van der Waals surface area contributed by atoms with Crippen molar-refractivity contribution in [2.75, 3.05) is 7.11 Å². The van der Waals surface area contributed by atoms with Crippen LogP contribution in [0.4, 0.5) is 0 Å². The van der Waals surface area contributed by atoms with Gasteiger partial charge in [-0.25, -0.2) is 0 Å². The number of Topliss-reactive ketones (excluding diaryl/α,β-unsaturated/α-hetero) is 1. The maximum Gasteiger partial charge on any atom is 0.147 e. The zero-order valence-electron chi connectivity index (χ0n) is 14.2. The Bertz CT molecular complexity index is 753. The molecule has 0 saturated heterocycles. The molecule has 0 amide bonds. The van der Waals surface area contributed by atoms with Crippen molar-refractivity contribution in [3.8, 4) is 5.75 Å². The first-order valence-corrected chi connectivity index (χ1v) is 8.75. The fraction of sp³-hybridized carbons (Fsp3) is 0.476. The second kappa shape index (κ2) is 5.09. The van der Waals surface area contributed by atoms with E-state index < -0.39 is 0 Å². The fourth-order valence-corrected chi connectivity index (χ4v) is 5.01. The van der Waals surface area contributed by atoms with Crippen molar-refractivity contribution in [2.45, 2.75) is 46.0 Å². The van der Waals surface area contributed by atoms with E-state index in [0.29, 0.717) is 18.1 Å². The summed E-state index contributed by atoms with van der Waals surface area (Å²) in [6, 6.07) is 6.46. The van der Waals surface area contributed by atoms with Crippen LogP contribution in [0, 0.1) is 11.3 Å². The van der Waals surface area contributed by atoms with Crippen molar-refractivity contribution in [3.05, 3.63) is 46.5 Å². The normalized spacial score (nSPS) is 28.9. The maximum absolute atomic E-state index is 12.6. The molecular formula is C21H24O2. The number of carbonyl (C=O) groups excluding carboxylic acids is 1. The quantitative estimate of drug-likeness (QED) is 0.789. The molecule has 3 aliphatic carbocycles. The van der Waals surface area contributed by atoms with Gasteiger partial charge in [0.15, 0.2) is 0 Å². The van der Waals surface area contributed by atoms with Crippen molar-refractivity contribution < 1.29 is 9.53 Å². The van der Waals surface area contributed by atoms with E-state index in [2.05, 4.69) is 38.1 Å². The number of hydrogen-bond acceptors (Lipinski definition) is 2. The van der Waals surface area contributed by atoms with E-state index in [9.17, 15) is 4.79 Å². The topological polar surface area (TPSA) is 26.3 Å². The van der Waals surface area contributed by atoms with E-state index in [1.165, 1.54) is 27.8 Å². The SMILES string of the molecule is CC[C@]12CCC3=C(C1=CCC2=O)C(C)Cc1cc(OC)ccc13. The highest BCUT2D eigenvalue weighted by atomic mass is 16.5. The third-order valence-corrected chi connectivity index (χ3v) is 6.22. The summed E-state index contributed by atoms with van der Waals surface area (Å²) in [6.07, 6.45) is 6.84. The number of benzene rings is 1. The molecule has 2 nitrogen and oxygen atoms in total. The summed E-state index contributed by atoms with van der Waals surface area (Å²) in [7, 11) is 1.73. The standard InChI is InChI=1S/C21H24O2/c1-4-21-10-9-17-16-6-5-15(23-3)12-14(16)11-13(2)20(17)18(21)7-8-19(21)22/h5-7,12-13H,4,8-11H2,1-3H3/t13?,21-/m0/s1. The molecule has 0 heterocycles. The maximum atomic E-state index is 12.6. The summed E-state index contributed by atoms with van der Waals surface area (Å²) in [4.78, 5) is 12.6. The molecule has 2 heteroatoms. The molecule has 3 aliphatic rings. The highest BCUT2D eigenvalue weighted by molar-refractivity contribution is 5.97. The first-order valence-electron chi connectivity index (χ1n) is 8.75. The third-order valence-electron chi connectivity index (χ3n) is 6.22. The van der Waals surface area contributed by atoms with Crippen molar-refractivity contribution in [1.29, 1.82) is 0 Å². The largest absolute Gasteiger partial charge is 0.497 e. The Morgan fingerprint density at radius 3 is 2.91 bits per heavy atom. The lowest BCUT2D eigenvalue weighted by Crippen LogP contribution is -2.34. The summed E-state index contributed by atoms with van der Waals surface area (Å²) in [5, 5.41) is 0. The van der Waals surface area contributed by atoms with Crippen LogP contribution in [-0.4, -0.2) is 12.9 Å². The molecule has 0 radical (unpaired) electrons. The molecule has 0 aliphatic heterocycles. The third kappa shape index (κ3) is 1.90. The van der Waals surface area contributed by atoms with E-state index in [-0.39, 0.29) is 5.41 Å². The van der Waals surface area contributed by atoms with Crippen molar-refractivity contribution >= 4 is 11.4 Å². The number of allylic oxidation sites excluding steroid dienone is 4. The van der Waals surface area contributed by atoms with Crippen LogP contribution in [0.1, 0.15) is 50.7 Å². The molecule has 1 unspecified atom stereocenters. The van der Waals surface area contributed by atoms with E-state index in [1.54, 1.807) is 7.11 Å². The number of fused-ring (bicyclic) bond motifs is 4. The second-order valence-electron chi connectivity index (χ2n) is 7.20. The molecule has 0 saturated carbocycles. The Hall–Kier alpha value is -1.83. The molecular weight excluding hydrogens is 284 g/mol. The molecule has 0 N–H and O–H groups in total. The van der Waals surface area contributed by atoms with Crippen molar-refractivity contribution in [1.82, 2.24) is 0 Å². The molecule has 0 spiro atoms. The molecule has 0 aromatic heterocycles. The van der Waals surface area contributed by atoms with Crippen LogP contribution in [0.3, 0.4) is 0 Å². The Kier molecular flexibility index (Phi) is 3.26. The van der Waals surface area contributed by atoms with Gasteiger partial charge < -0.3 is 4.74 Å². The van der Waals surface area contributed by atoms with Crippen LogP contribution in [0.25, 0.3) is 5.57 Å². The number of rotatable bonds is 2. The number of ether oxygens (including phenoxy) is 1. The van der Waals surface area contributed by atoms with Crippen LogP contribution in [0.2, 0.25) is 0 Å². The molecule has 23 heavy (non-hydrogen) atoms. The zero-order valence-corrected chi connectivity index (χ0v) is 14.2. The first kappa shape index (κ1) is 14.7. The minimum atomic E-state index is -0.183. The average Bonchev–Trinajstić information content (AvgIpc) is 2.91. The molecule has 120 valence electrons. The van der Waals surface area contributed by atoms with Crippen LogP contribution in [-0.2, 0) is 11.2 Å². The molecule has 1 aromatic carbocycles. The van der Waals surface area contributed by atoms with Gasteiger partial charge in [-0.3, -0.25) is 4.79 Å². The van der Waals surface area contributed by atoms with Crippen LogP contribution in [0.15, 0.2) is 35.4 Å². The summed E-state index contributed by atoms with van der Waals surface area (Å²) >= 11 is 0. The van der Waals surface area contributed by atoms with Gasteiger partial charge in [0.2, 0.25) is 0 Å². The van der Waals surface area contributed by atoms with Crippen LogP contribution >= 0.6 is 0 Å². The van der Waals surface area contributed by atoms with E-state index >= 15 is 0 Å². The van der Waals surface area contributed by atoms with E-state index in [4.69, 9.17) is 4.74 Å². The lowest BCUT2D eigenvalue weighted by Gasteiger charge is -2.42. The first-order chi connectivity index (χ1) is 11.1.